The molecule has 148 valence electrons. The van der Waals surface area contributed by atoms with Gasteiger partial charge in [0.25, 0.3) is 5.91 Å². The van der Waals surface area contributed by atoms with Gasteiger partial charge in [0, 0.05) is 28.7 Å². The Labute approximate surface area is 175 Å². The Morgan fingerprint density at radius 3 is 2.33 bits per heavy atom. The summed E-state index contributed by atoms with van der Waals surface area (Å²) < 4.78 is 0. The molecule has 0 aliphatic carbocycles. The third kappa shape index (κ3) is 4.70. The lowest BCUT2D eigenvalue weighted by Crippen LogP contribution is -2.12. The van der Waals surface area contributed by atoms with Gasteiger partial charge in [0.15, 0.2) is 5.82 Å². The monoisotopic (exact) mass is 394 g/mol. The molecule has 1 aromatic heterocycles. The molecule has 3 aromatic carbocycles. The molecule has 0 aliphatic heterocycles. The summed E-state index contributed by atoms with van der Waals surface area (Å²) in [5.74, 6) is 1.15. The highest BCUT2D eigenvalue weighted by atomic mass is 16.1. The van der Waals surface area contributed by atoms with E-state index >= 15 is 0 Å². The van der Waals surface area contributed by atoms with Crippen LogP contribution in [0, 0.1) is 13.8 Å². The van der Waals surface area contributed by atoms with Gasteiger partial charge in [-0.3, -0.25) is 4.79 Å². The zero-order chi connectivity index (χ0) is 20.9. The fraction of sp³-hybridized carbons (Fsp3) is 0.0800. The first-order chi connectivity index (χ1) is 14.6. The molecule has 5 nitrogen and oxygen atoms in total. The van der Waals surface area contributed by atoms with Gasteiger partial charge in [-0.2, -0.15) is 0 Å². The second-order valence-electron chi connectivity index (χ2n) is 7.17. The molecule has 5 heteroatoms. The molecule has 0 fully saturated rings. The molecule has 1 amide bonds. The van der Waals surface area contributed by atoms with E-state index < -0.39 is 0 Å². The van der Waals surface area contributed by atoms with Crippen LogP contribution in [0.15, 0.2) is 85.1 Å². The van der Waals surface area contributed by atoms with E-state index in [0.717, 1.165) is 28.1 Å². The molecule has 0 atom stereocenters. The number of nitrogens with zero attached hydrogens (tertiary/aromatic N) is 2. The maximum absolute atomic E-state index is 12.7. The minimum Gasteiger partial charge on any atom is -0.340 e. The van der Waals surface area contributed by atoms with Crippen LogP contribution in [-0.2, 0) is 0 Å². The first-order valence-electron chi connectivity index (χ1n) is 9.72. The average molecular weight is 394 g/mol. The first kappa shape index (κ1) is 19.3. The summed E-state index contributed by atoms with van der Waals surface area (Å²) in [6.07, 6.45) is 1.72. The molecule has 0 unspecified atom stereocenters. The Bertz CT molecular complexity index is 1170. The predicted octanol–water partition coefficient (Wildman–Crippen LogP) is 5.76. The summed E-state index contributed by atoms with van der Waals surface area (Å²) in [4.78, 5) is 21.6. The molecule has 0 bridgehead atoms. The number of carbonyl (C=O) groups excluding carboxylic acids is 1. The number of rotatable bonds is 5. The third-order valence-electron chi connectivity index (χ3n) is 4.56. The van der Waals surface area contributed by atoms with Crippen LogP contribution in [0.1, 0.15) is 21.5 Å². The van der Waals surface area contributed by atoms with E-state index in [1.165, 1.54) is 0 Å². The molecule has 0 aliphatic rings. The third-order valence-corrected chi connectivity index (χ3v) is 4.56. The van der Waals surface area contributed by atoms with Gasteiger partial charge in [-0.05, 0) is 61.4 Å². The summed E-state index contributed by atoms with van der Waals surface area (Å²) in [6.45, 7) is 4.03. The van der Waals surface area contributed by atoms with Crippen LogP contribution in [0.3, 0.4) is 0 Å². The van der Waals surface area contributed by atoms with E-state index in [2.05, 4.69) is 26.7 Å². The molecule has 1 heterocycles. The van der Waals surface area contributed by atoms with Gasteiger partial charge in [-0.1, -0.05) is 42.5 Å². The largest absolute Gasteiger partial charge is 0.340 e. The zero-order valence-electron chi connectivity index (χ0n) is 16.9. The minimum atomic E-state index is -0.156. The maximum Gasteiger partial charge on any atom is 0.255 e. The number of nitrogens with one attached hydrogen (secondary N) is 2. The normalized spacial score (nSPS) is 10.5. The zero-order valence-corrected chi connectivity index (χ0v) is 16.9. The second-order valence-corrected chi connectivity index (χ2v) is 7.17. The molecule has 4 aromatic rings. The van der Waals surface area contributed by atoms with Crippen LogP contribution in [-0.4, -0.2) is 15.9 Å². The van der Waals surface area contributed by atoms with Crippen molar-refractivity contribution in [3.05, 3.63) is 102 Å². The maximum atomic E-state index is 12.7. The van der Waals surface area contributed by atoms with Gasteiger partial charge >= 0.3 is 0 Å². The fourth-order valence-corrected chi connectivity index (χ4v) is 3.29. The number of hydrogen-bond acceptors (Lipinski definition) is 4. The Balaban J connectivity index is 1.52. The van der Waals surface area contributed by atoms with E-state index in [0.29, 0.717) is 17.2 Å². The molecular formula is C25H22N4O. The molecular weight excluding hydrogens is 372 g/mol. The van der Waals surface area contributed by atoms with Crippen LogP contribution in [0.4, 0.5) is 17.2 Å². The lowest BCUT2D eigenvalue weighted by Gasteiger charge is -2.10. The van der Waals surface area contributed by atoms with Crippen LogP contribution < -0.4 is 10.6 Å². The molecule has 30 heavy (non-hydrogen) atoms. The molecule has 0 saturated heterocycles. The standard InChI is InChI=1S/C25H22N4O/c1-17-13-18(2)15-22(14-17)28-25(30)20-9-6-10-21(16-20)27-23-11-12-26-24(29-23)19-7-4-3-5-8-19/h3-16H,1-2H3,(H,28,30)(H,26,27,29). The Morgan fingerprint density at radius 2 is 1.57 bits per heavy atom. The fourth-order valence-electron chi connectivity index (χ4n) is 3.29. The lowest BCUT2D eigenvalue weighted by atomic mass is 10.1. The van der Waals surface area contributed by atoms with Gasteiger partial charge in [0.05, 0.1) is 0 Å². The van der Waals surface area contributed by atoms with Crippen LogP contribution in [0.25, 0.3) is 11.4 Å². The molecule has 0 saturated carbocycles. The number of amides is 1. The van der Waals surface area contributed by atoms with Gasteiger partial charge in [0.2, 0.25) is 0 Å². The summed E-state index contributed by atoms with van der Waals surface area (Å²) in [6, 6.07) is 24.9. The van der Waals surface area contributed by atoms with Crippen molar-refractivity contribution >= 4 is 23.1 Å². The summed E-state index contributed by atoms with van der Waals surface area (Å²) >= 11 is 0. The predicted molar refractivity (Wildman–Crippen MR) is 121 cm³/mol. The van der Waals surface area contributed by atoms with E-state index in [1.54, 1.807) is 18.3 Å². The van der Waals surface area contributed by atoms with E-state index in [-0.39, 0.29) is 5.91 Å². The van der Waals surface area contributed by atoms with Crippen LogP contribution in [0.2, 0.25) is 0 Å². The van der Waals surface area contributed by atoms with Crippen molar-refractivity contribution in [1.29, 1.82) is 0 Å². The number of anilines is 3. The van der Waals surface area contributed by atoms with E-state index in [1.807, 2.05) is 74.5 Å². The topological polar surface area (TPSA) is 66.9 Å². The highest BCUT2D eigenvalue weighted by Crippen LogP contribution is 2.21. The van der Waals surface area contributed by atoms with Gasteiger partial charge in [-0.15, -0.1) is 0 Å². The molecule has 0 radical (unpaired) electrons. The Kier molecular flexibility index (Phi) is 5.52. The summed E-state index contributed by atoms with van der Waals surface area (Å²) in [7, 11) is 0. The van der Waals surface area contributed by atoms with Crippen LogP contribution in [0.5, 0.6) is 0 Å². The Morgan fingerprint density at radius 1 is 0.800 bits per heavy atom. The molecule has 2 N–H and O–H groups in total. The lowest BCUT2D eigenvalue weighted by molar-refractivity contribution is 0.102. The number of benzene rings is 3. The van der Waals surface area contributed by atoms with Crippen molar-refractivity contribution in [2.45, 2.75) is 13.8 Å². The molecule has 4 rings (SSSR count). The molecule has 0 spiro atoms. The van der Waals surface area contributed by atoms with Gasteiger partial charge in [-0.25, -0.2) is 9.97 Å². The highest BCUT2D eigenvalue weighted by Gasteiger charge is 2.09. The average Bonchev–Trinajstić information content (AvgIpc) is 2.74. The van der Waals surface area contributed by atoms with Crippen molar-refractivity contribution in [2.24, 2.45) is 0 Å². The summed E-state index contributed by atoms with van der Waals surface area (Å²) in [5.41, 5.74) is 5.30. The summed E-state index contributed by atoms with van der Waals surface area (Å²) in [5, 5.41) is 6.23. The number of aromatic nitrogens is 2. The number of hydrogen-bond donors (Lipinski definition) is 2. The van der Waals surface area contributed by atoms with Crippen molar-refractivity contribution in [3.63, 3.8) is 0 Å². The van der Waals surface area contributed by atoms with Crippen molar-refractivity contribution in [1.82, 2.24) is 9.97 Å². The van der Waals surface area contributed by atoms with Crippen molar-refractivity contribution in [2.75, 3.05) is 10.6 Å². The second kappa shape index (κ2) is 8.57. The van der Waals surface area contributed by atoms with E-state index in [4.69, 9.17) is 0 Å². The Hall–Kier alpha value is -3.99. The smallest absolute Gasteiger partial charge is 0.255 e. The number of carbonyl (C=O) groups is 1. The first-order valence-corrected chi connectivity index (χ1v) is 9.72. The van der Waals surface area contributed by atoms with Crippen LogP contribution >= 0.6 is 0 Å². The quantitative estimate of drug-likeness (QED) is 0.452. The van der Waals surface area contributed by atoms with Crippen molar-refractivity contribution in [3.8, 4) is 11.4 Å². The SMILES string of the molecule is Cc1cc(C)cc(NC(=O)c2cccc(Nc3ccnc(-c4ccccc4)n3)c2)c1. The van der Waals surface area contributed by atoms with Gasteiger partial charge < -0.3 is 10.6 Å². The highest BCUT2D eigenvalue weighted by molar-refractivity contribution is 6.05. The minimum absolute atomic E-state index is 0.156. The number of aryl methyl sites for hydroxylation is 2. The van der Waals surface area contributed by atoms with Gasteiger partial charge in [0.1, 0.15) is 5.82 Å². The van der Waals surface area contributed by atoms with E-state index in [9.17, 15) is 4.79 Å². The van der Waals surface area contributed by atoms with Crippen molar-refractivity contribution < 1.29 is 4.79 Å².